The lowest BCUT2D eigenvalue weighted by atomic mass is 10.0. The van der Waals surface area contributed by atoms with E-state index >= 15 is 0 Å². The summed E-state index contributed by atoms with van der Waals surface area (Å²) >= 11 is 3.57. The topological polar surface area (TPSA) is 15.3 Å². The van der Waals surface area contributed by atoms with Gasteiger partial charge >= 0.3 is 0 Å². The summed E-state index contributed by atoms with van der Waals surface area (Å²) in [7, 11) is 0. The Morgan fingerprint density at radius 3 is 2.53 bits per heavy atom. The van der Waals surface area contributed by atoms with E-state index in [4.69, 9.17) is 0 Å². The third-order valence-corrected chi connectivity index (χ3v) is 4.01. The number of rotatable bonds is 9. The molecule has 0 heterocycles. The second-order valence-corrected chi connectivity index (χ2v) is 5.79. The van der Waals surface area contributed by atoms with E-state index in [1.54, 1.807) is 0 Å². The lowest BCUT2D eigenvalue weighted by Gasteiger charge is -2.24. The Morgan fingerprint density at radius 2 is 1.95 bits per heavy atom. The van der Waals surface area contributed by atoms with Gasteiger partial charge in [-0.1, -0.05) is 48.8 Å². The van der Waals surface area contributed by atoms with Gasteiger partial charge in [-0.2, -0.15) is 0 Å². The van der Waals surface area contributed by atoms with Crippen molar-refractivity contribution in [2.45, 2.75) is 39.7 Å². The van der Waals surface area contributed by atoms with Crippen molar-refractivity contribution in [1.29, 1.82) is 0 Å². The van der Waals surface area contributed by atoms with E-state index in [-0.39, 0.29) is 0 Å². The lowest BCUT2D eigenvalue weighted by molar-refractivity contribution is 0.282. The summed E-state index contributed by atoms with van der Waals surface area (Å²) in [4.78, 5) is 2.48. The Hall–Kier alpha value is -0.380. The van der Waals surface area contributed by atoms with Crippen molar-refractivity contribution in [2.24, 2.45) is 0 Å². The maximum atomic E-state index is 3.67. The Balaban J connectivity index is 2.65. The fourth-order valence-corrected chi connectivity index (χ4v) is 2.70. The van der Waals surface area contributed by atoms with Gasteiger partial charge < -0.3 is 10.2 Å². The third-order valence-electron chi connectivity index (χ3n) is 3.52. The van der Waals surface area contributed by atoms with E-state index in [9.17, 15) is 0 Å². The highest BCUT2D eigenvalue weighted by Crippen LogP contribution is 2.21. The number of nitrogens with one attached hydrogen (secondary N) is 1. The van der Waals surface area contributed by atoms with Crippen LogP contribution in [0.5, 0.6) is 0 Å². The molecule has 2 nitrogen and oxygen atoms in total. The van der Waals surface area contributed by atoms with Gasteiger partial charge in [0.25, 0.3) is 0 Å². The maximum Gasteiger partial charge on any atom is 0.0332 e. The first kappa shape index (κ1) is 16.7. The molecule has 0 aliphatic carbocycles. The van der Waals surface area contributed by atoms with E-state index in [0.29, 0.717) is 6.04 Å². The van der Waals surface area contributed by atoms with Gasteiger partial charge in [-0.25, -0.2) is 0 Å². The Morgan fingerprint density at radius 1 is 1.21 bits per heavy atom. The molecule has 1 unspecified atom stereocenters. The van der Waals surface area contributed by atoms with Gasteiger partial charge in [0.15, 0.2) is 0 Å². The van der Waals surface area contributed by atoms with Gasteiger partial charge in [0, 0.05) is 10.5 Å². The quantitative estimate of drug-likeness (QED) is 0.730. The van der Waals surface area contributed by atoms with Crippen LogP contribution in [0, 0.1) is 0 Å². The number of benzene rings is 1. The number of hydrogen-bond acceptors (Lipinski definition) is 2. The van der Waals surface area contributed by atoms with Crippen LogP contribution in [0.3, 0.4) is 0 Å². The summed E-state index contributed by atoms with van der Waals surface area (Å²) in [5.41, 5.74) is 1.38. The highest BCUT2D eigenvalue weighted by molar-refractivity contribution is 9.10. The van der Waals surface area contributed by atoms with Crippen LogP contribution in [-0.2, 0) is 0 Å². The highest BCUT2D eigenvalue weighted by Gasteiger charge is 2.12. The molecule has 0 aliphatic rings. The maximum absolute atomic E-state index is 3.67. The molecule has 3 heteroatoms. The highest BCUT2D eigenvalue weighted by atomic mass is 79.9. The average molecular weight is 327 g/mol. The van der Waals surface area contributed by atoms with Gasteiger partial charge in [-0.3, -0.25) is 0 Å². The predicted molar refractivity (Wildman–Crippen MR) is 87.6 cm³/mol. The zero-order chi connectivity index (χ0) is 14.1. The fraction of sp³-hybridized carbons (Fsp3) is 0.625. The molecule has 0 amide bonds. The van der Waals surface area contributed by atoms with Crippen LogP contribution in [0.2, 0.25) is 0 Å². The van der Waals surface area contributed by atoms with Crippen LogP contribution in [0.15, 0.2) is 28.7 Å². The molecular weight excluding hydrogens is 300 g/mol. The molecule has 1 rings (SSSR count). The van der Waals surface area contributed by atoms with Crippen molar-refractivity contribution in [3.63, 3.8) is 0 Å². The van der Waals surface area contributed by atoms with Crippen molar-refractivity contribution in [1.82, 2.24) is 10.2 Å². The van der Waals surface area contributed by atoms with Gasteiger partial charge in [0.1, 0.15) is 0 Å². The number of nitrogens with zero attached hydrogens (tertiary/aromatic N) is 1. The van der Waals surface area contributed by atoms with Crippen LogP contribution >= 0.6 is 15.9 Å². The second-order valence-electron chi connectivity index (χ2n) is 4.88. The normalized spacial score (nSPS) is 12.9. The van der Waals surface area contributed by atoms with Gasteiger partial charge in [0.05, 0.1) is 0 Å². The molecule has 0 fully saturated rings. The molecule has 0 radical (unpaired) electrons. The van der Waals surface area contributed by atoms with Crippen molar-refractivity contribution in [3.8, 4) is 0 Å². The van der Waals surface area contributed by atoms with E-state index in [1.807, 2.05) is 0 Å². The number of halogens is 1. The van der Waals surface area contributed by atoms with Crippen molar-refractivity contribution < 1.29 is 0 Å². The van der Waals surface area contributed by atoms with Crippen LogP contribution in [0.1, 0.15) is 45.2 Å². The standard InChI is InChI=1S/C16H27BrN2/c1-4-11-18-16(10-12-19(5-2)6-3)14-8-7-9-15(17)13-14/h7-9,13,16,18H,4-6,10-12H2,1-3H3. The molecule has 108 valence electrons. The summed E-state index contributed by atoms with van der Waals surface area (Å²) in [6, 6.07) is 9.12. The third kappa shape index (κ3) is 6.07. The summed E-state index contributed by atoms with van der Waals surface area (Å²) in [5.74, 6) is 0. The smallest absolute Gasteiger partial charge is 0.0332 e. The summed E-state index contributed by atoms with van der Waals surface area (Å²) in [6.07, 6.45) is 2.34. The van der Waals surface area contributed by atoms with Crippen LogP contribution in [-0.4, -0.2) is 31.1 Å². The van der Waals surface area contributed by atoms with Gasteiger partial charge in [-0.05, 0) is 56.7 Å². The van der Waals surface area contributed by atoms with Gasteiger partial charge in [0.2, 0.25) is 0 Å². The van der Waals surface area contributed by atoms with Crippen LogP contribution in [0.4, 0.5) is 0 Å². The number of hydrogen-bond donors (Lipinski definition) is 1. The Bertz CT molecular complexity index is 350. The lowest BCUT2D eigenvalue weighted by Crippen LogP contribution is -2.29. The molecule has 0 saturated heterocycles. The molecule has 1 atom stereocenters. The first-order valence-electron chi connectivity index (χ1n) is 7.42. The molecule has 0 aliphatic heterocycles. The van der Waals surface area contributed by atoms with Crippen LogP contribution < -0.4 is 5.32 Å². The largest absolute Gasteiger partial charge is 0.310 e. The molecule has 1 aromatic rings. The van der Waals surface area contributed by atoms with Crippen LogP contribution in [0.25, 0.3) is 0 Å². The first-order valence-corrected chi connectivity index (χ1v) is 8.21. The zero-order valence-electron chi connectivity index (χ0n) is 12.5. The summed E-state index contributed by atoms with van der Waals surface area (Å²) < 4.78 is 1.16. The van der Waals surface area contributed by atoms with E-state index in [1.165, 1.54) is 12.0 Å². The molecule has 19 heavy (non-hydrogen) atoms. The molecule has 0 aromatic heterocycles. The summed E-state index contributed by atoms with van der Waals surface area (Å²) in [5, 5.41) is 3.67. The molecule has 1 aromatic carbocycles. The molecular formula is C16H27BrN2. The van der Waals surface area contributed by atoms with Crippen molar-refractivity contribution in [3.05, 3.63) is 34.3 Å². The molecule has 0 saturated carbocycles. The minimum atomic E-state index is 0.457. The fourth-order valence-electron chi connectivity index (χ4n) is 2.28. The van der Waals surface area contributed by atoms with Crippen molar-refractivity contribution in [2.75, 3.05) is 26.2 Å². The van der Waals surface area contributed by atoms with E-state index < -0.39 is 0 Å². The second kappa shape index (κ2) is 9.51. The monoisotopic (exact) mass is 326 g/mol. The predicted octanol–water partition coefficient (Wildman–Crippen LogP) is 4.22. The molecule has 1 N–H and O–H groups in total. The Labute approximate surface area is 126 Å². The Kier molecular flexibility index (Phi) is 8.35. The minimum Gasteiger partial charge on any atom is -0.310 e. The van der Waals surface area contributed by atoms with E-state index in [0.717, 1.165) is 37.1 Å². The van der Waals surface area contributed by atoms with Gasteiger partial charge in [-0.15, -0.1) is 0 Å². The first-order chi connectivity index (χ1) is 9.21. The summed E-state index contributed by atoms with van der Waals surface area (Å²) in [6.45, 7) is 11.2. The zero-order valence-corrected chi connectivity index (χ0v) is 14.0. The molecule has 0 spiro atoms. The van der Waals surface area contributed by atoms with Crippen molar-refractivity contribution >= 4 is 15.9 Å². The SMILES string of the molecule is CCCNC(CCN(CC)CC)c1cccc(Br)c1. The van der Waals surface area contributed by atoms with E-state index in [2.05, 4.69) is 71.2 Å². The molecule has 0 bridgehead atoms. The minimum absolute atomic E-state index is 0.457. The average Bonchev–Trinajstić information content (AvgIpc) is 2.43.